The van der Waals surface area contributed by atoms with Gasteiger partial charge in [0.1, 0.15) is 11.5 Å². The summed E-state index contributed by atoms with van der Waals surface area (Å²) < 4.78 is 10.2. The van der Waals surface area contributed by atoms with Crippen molar-refractivity contribution in [3.05, 3.63) is 23.8 Å². The summed E-state index contributed by atoms with van der Waals surface area (Å²) in [6.07, 6.45) is 0.185. The molecule has 0 spiro atoms. The first-order valence-electron chi connectivity index (χ1n) is 6.33. The highest BCUT2D eigenvalue weighted by Crippen LogP contribution is 2.27. The molecule has 0 aromatic heterocycles. The predicted octanol–water partition coefficient (Wildman–Crippen LogP) is 2.03. The number of nitrogens with zero attached hydrogens (tertiary/aromatic N) is 1. The van der Waals surface area contributed by atoms with Crippen molar-refractivity contribution < 1.29 is 24.2 Å². The van der Waals surface area contributed by atoms with Gasteiger partial charge in [0.15, 0.2) is 5.78 Å². The summed E-state index contributed by atoms with van der Waals surface area (Å²) in [5.74, 6) is 0.794. The monoisotopic (exact) mass is 279 g/mol. The van der Waals surface area contributed by atoms with E-state index >= 15 is 0 Å². The van der Waals surface area contributed by atoms with E-state index in [4.69, 9.17) is 14.6 Å². The van der Waals surface area contributed by atoms with Crippen LogP contribution in [0, 0.1) is 0 Å². The molecule has 1 N–H and O–H groups in total. The van der Waals surface area contributed by atoms with Gasteiger partial charge >= 0.3 is 6.09 Å². The highest BCUT2D eigenvalue weighted by molar-refractivity contribution is 6.02. The Hall–Kier alpha value is -2.24. The second-order valence-electron chi connectivity index (χ2n) is 4.60. The summed E-state index contributed by atoms with van der Waals surface area (Å²) in [6, 6.07) is 4.25. The normalized spacial score (nSPS) is 17.9. The Morgan fingerprint density at radius 1 is 1.20 bits per heavy atom. The number of ketones is 1. The highest BCUT2D eigenvalue weighted by Gasteiger charge is 2.34. The summed E-state index contributed by atoms with van der Waals surface area (Å²) in [5, 5.41) is 9.11. The molecule has 1 amide bonds. The lowest BCUT2D eigenvalue weighted by Crippen LogP contribution is -2.39. The van der Waals surface area contributed by atoms with E-state index in [1.807, 2.05) is 0 Å². The number of Topliss-reactive ketones (excluding diaryl/α,β-unsaturated/α-hetero) is 1. The van der Waals surface area contributed by atoms with Crippen LogP contribution in [-0.2, 0) is 0 Å². The molecule has 1 fully saturated rings. The number of carboxylic acid groups (broad SMARTS) is 1. The van der Waals surface area contributed by atoms with Crippen LogP contribution in [0.1, 0.15) is 23.2 Å². The molecule has 1 aromatic carbocycles. The van der Waals surface area contributed by atoms with E-state index in [0.717, 1.165) is 0 Å². The third-order valence-corrected chi connectivity index (χ3v) is 3.44. The van der Waals surface area contributed by atoms with E-state index in [-0.39, 0.29) is 5.78 Å². The minimum atomic E-state index is -1.06. The van der Waals surface area contributed by atoms with Crippen LogP contribution in [0.4, 0.5) is 4.79 Å². The zero-order valence-electron chi connectivity index (χ0n) is 11.5. The molecule has 6 heteroatoms. The molecule has 1 heterocycles. The van der Waals surface area contributed by atoms with Crippen LogP contribution >= 0.6 is 0 Å². The van der Waals surface area contributed by atoms with E-state index in [0.29, 0.717) is 36.4 Å². The zero-order chi connectivity index (χ0) is 14.7. The van der Waals surface area contributed by atoms with Gasteiger partial charge in [0.2, 0.25) is 0 Å². The van der Waals surface area contributed by atoms with Crippen LogP contribution in [0.3, 0.4) is 0 Å². The Morgan fingerprint density at radius 3 is 2.30 bits per heavy atom. The molecule has 1 aliphatic rings. The van der Waals surface area contributed by atoms with Crippen molar-refractivity contribution in [2.45, 2.75) is 18.9 Å². The zero-order valence-corrected chi connectivity index (χ0v) is 11.5. The average molecular weight is 279 g/mol. The SMILES string of the molecule is COc1cc(OC)cc(C(=O)[C@H]2CCCN2C(=O)O)c1. The fourth-order valence-corrected chi connectivity index (χ4v) is 2.41. The average Bonchev–Trinajstić information content (AvgIpc) is 2.95. The molecule has 1 saturated heterocycles. The number of benzene rings is 1. The maximum absolute atomic E-state index is 12.5. The van der Waals surface area contributed by atoms with Crippen LogP contribution in [0.25, 0.3) is 0 Å². The Bertz CT molecular complexity index is 506. The van der Waals surface area contributed by atoms with Crippen molar-refractivity contribution in [3.63, 3.8) is 0 Å². The molecule has 1 aromatic rings. The van der Waals surface area contributed by atoms with Gasteiger partial charge in [-0.15, -0.1) is 0 Å². The first-order valence-corrected chi connectivity index (χ1v) is 6.33. The minimum Gasteiger partial charge on any atom is -0.497 e. The third kappa shape index (κ3) is 2.68. The van der Waals surface area contributed by atoms with E-state index in [1.54, 1.807) is 18.2 Å². The van der Waals surface area contributed by atoms with E-state index < -0.39 is 12.1 Å². The van der Waals surface area contributed by atoms with E-state index in [2.05, 4.69) is 0 Å². The Balaban J connectivity index is 2.30. The number of likely N-dealkylation sites (tertiary alicyclic amines) is 1. The minimum absolute atomic E-state index is 0.220. The lowest BCUT2D eigenvalue weighted by molar-refractivity contribution is 0.0844. The molecule has 1 aliphatic heterocycles. The highest BCUT2D eigenvalue weighted by atomic mass is 16.5. The van der Waals surface area contributed by atoms with Gasteiger partial charge in [-0.05, 0) is 25.0 Å². The number of methoxy groups -OCH3 is 2. The van der Waals surface area contributed by atoms with Crippen LogP contribution in [0.2, 0.25) is 0 Å². The standard InChI is InChI=1S/C14H17NO5/c1-19-10-6-9(7-11(8-10)20-2)13(16)12-4-3-5-15(12)14(17)18/h6-8,12H,3-5H2,1-2H3,(H,17,18)/t12-/m1/s1. The maximum atomic E-state index is 12.5. The van der Waals surface area contributed by atoms with Gasteiger partial charge in [0, 0.05) is 18.2 Å². The summed E-state index contributed by atoms with van der Waals surface area (Å²) in [4.78, 5) is 24.8. The summed E-state index contributed by atoms with van der Waals surface area (Å²) >= 11 is 0. The van der Waals surface area contributed by atoms with Gasteiger partial charge in [0.25, 0.3) is 0 Å². The van der Waals surface area contributed by atoms with Crippen molar-refractivity contribution >= 4 is 11.9 Å². The molecule has 1 atom stereocenters. The summed E-state index contributed by atoms with van der Waals surface area (Å²) in [7, 11) is 3.00. The number of carbonyl (C=O) groups is 2. The Labute approximate surface area is 116 Å². The fourth-order valence-electron chi connectivity index (χ4n) is 2.41. The molecular weight excluding hydrogens is 262 g/mol. The number of hydrogen-bond donors (Lipinski definition) is 1. The molecule has 0 unspecified atom stereocenters. The number of carbonyl (C=O) groups excluding carboxylic acids is 1. The number of rotatable bonds is 4. The van der Waals surface area contributed by atoms with E-state index in [9.17, 15) is 9.59 Å². The van der Waals surface area contributed by atoms with Gasteiger partial charge in [-0.25, -0.2) is 4.79 Å². The fraction of sp³-hybridized carbons (Fsp3) is 0.429. The molecule has 6 nitrogen and oxygen atoms in total. The number of ether oxygens (including phenoxy) is 2. The second kappa shape index (κ2) is 5.81. The van der Waals surface area contributed by atoms with Gasteiger partial charge in [-0.2, -0.15) is 0 Å². The van der Waals surface area contributed by atoms with Gasteiger partial charge < -0.3 is 14.6 Å². The van der Waals surface area contributed by atoms with Gasteiger partial charge in [-0.1, -0.05) is 0 Å². The molecular formula is C14H17NO5. The lowest BCUT2D eigenvalue weighted by Gasteiger charge is -2.20. The van der Waals surface area contributed by atoms with Crippen molar-refractivity contribution in [2.75, 3.05) is 20.8 Å². The van der Waals surface area contributed by atoms with Crippen molar-refractivity contribution in [1.82, 2.24) is 4.90 Å². The lowest BCUT2D eigenvalue weighted by atomic mass is 10.0. The van der Waals surface area contributed by atoms with Crippen LogP contribution < -0.4 is 9.47 Å². The first kappa shape index (κ1) is 14.2. The quantitative estimate of drug-likeness (QED) is 0.853. The molecule has 20 heavy (non-hydrogen) atoms. The summed E-state index contributed by atoms with van der Waals surface area (Å²) in [6.45, 7) is 0.396. The molecule has 0 bridgehead atoms. The topological polar surface area (TPSA) is 76.1 Å². The smallest absolute Gasteiger partial charge is 0.407 e. The predicted molar refractivity (Wildman–Crippen MR) is 71.6 cm³/mol. The Kier molecular flexibility index (Phi) is 4.12. The Morgan fingerprint density at radius 2 is 1.80 bits per heavy atom. The number of hydrogen-bond acceptors (Lipinski definition) is 4. The van der Waals surface area contributed by atoms with Gasteiger partial charge in [-0.3, -0.25) is 9.69 Å². The molecule has 0 saturated carbocycles. The third-order valence-electron chi connectivity index (χ3n) is 3.44. The second-order valence-corrected chi connectivity index (χ2v) is 4.60. The maximum Gasteiger partial charge on any atom is 0.407 e. The molecule has 0 aliphatic carbocycles. The molecule has 0 radical (unpaired) electrons. The van der Waals surface area contributed by atoms with E-state index in [1.165, 1.54) is 19.1 Å². The van der Waals surface area contributed by atoms with Crippen LogP contribution in [0.5, 0.6) is 11.5 Å². The van der Waals surface area contributed by atoms with Gasteiger partial charge in [0.05, 0.1) is 20.3 Å². The van der Waals surface area contributed by atoms with Crippen molar-refractivity contribution in [3.8, 4) is 11.5 Å². The molecule has 108 valence electrons. The summed E-state index contributed by atoms with van der Waals surface area (Å²) in [5.41, 5.74) is 0.402. The van der Waals surface area contributed by atoms with Crippen molar-refractivity contribution in [1.29, 1.82) is 0 Å². The van der Waals surface area contributed by atoms with Crippen LogP contribution in [-0.4, -0.2) is 48.7 Å². The van der Waals surface area contributed by atoms with Crippen LogP contribution in [0.15, 0.2) is 18.2 Å². The molecule has 2 rings (SSSR count). The first-order chi connectivity index (χ1) is 9.56. The largest absolute Gasteiger partial charge is 0.497 e. The van der Waals surface area contributed by atoms with Crippen molar-refractivity contribution in [2.24, 2.45) is 0 Å². The number of amides is 1.